The number of fused-ring (bicyclic) bond motifs is 2. The molecule has 13 heteroatoms. The molecule has 5 N–H and O–H groups in total. The molecule has 0 saturated heterocycles. The third-order valence-corrected chi connectivity index (χ3v) is 8.41. The van der Waals surface area contributed by atoms with Crippen LogP contribution in [0.4, 0.5) is 11.4 Å². The fraction of sp³-hybridized carbons (Fsp3) is 0.219. The summed E-state index contributed by atoms with van der Waals surface area (Å²) >= 11 is 0. The van der Waals surface area contributed by atoms with Gasteiger partial charge < -0.3 is 26.1 Å². The van der Waals surface area contributed by atoms with Crippen LogP contribution in [0.5, 0.6) is 0 Å². The number of nitrogen functional groups attached to an aromatic ring is 1. The molecule has 2 amide bonds. The Morgan fingerprint density at radius 2 is 1.82 bits per heavy atom. The Labute approximate surface area is 256 Å². The van der Waals surface area contributed by atoms with E-state index in [1.54, 1.807) is 0 Å². The quantitative estimate of drug-likeness (QED) is 0.225. The normalized spacial score (nSPS) is 16.8. The smallest absolute Gasteiger partial charge is 0.270 e. The number of nitrogens with one attached hydrogen (secondary N) is 3. The van der Waals surface area contributed by atoms with Crippen molar-refractivity contribution in [1.29, 1.82) is 0 Å². The van der Waals surface area contributed by atoms with Crippen molar-refractivity contribution >= 4 is 29.0 Å². The summed E-state index contributed by atoms with van der Waals surface area (Å²) in [7, 11) is 0. The van der Waals surface area contributed by atoms with Gasteiger partial charge in [0.25, 0.3) is 22.7 Å². The lowest BCUT2D eigenvalue weighted by Gasteiger charge is -2.32. The number of hydrogen-bond donors (Lipinski definition) is 4. The van der Waals surface area contributed by atoms with E-state index in [1.165, 1.54) is 12.4 Å². The van der Waals surface area contributed by atoms with Gasteiger partial charge in [0.05, 0.1) is 6.04 Å². The van der Waals surface area contributed by atoms with Gasteiger partial charge >= 0.3 is 0 Å². The van der Waals surface area contributed by atoms with E-state index in [9.17, 15) is 19.2 Å². The van der Waals surface area contributed by atoms with Crippen LogP contribution in [0, 0.1) is 0 Å². The number of aliphatic imine (C=N–C) groups is 1. The summed E-state index contributed by atoms with van der Waals surface area (Å²) in [5, 5.41) is 5.88. The molecule has 0 saturated carbocycles. The Balaban J connectivity index is 0.979. The average Bonchev–Trinajstić information content (AvgIpc) is 3.68. The van der Waals surface area contributed by atoms with Gasteiger partial charge in [-0.3, -0.25) is 19.2 Å². The van der Waals surface area contributed by atoms with E-state index >= 15 is 0 Å². The molecule has 3 heterocycles. The Morgan fingerprint density at radius 1 is 1.00 bits per heavy atom. The van der Waals surface area contributed by atoms with Gasteiger partial charge in [0, 0.05) is 31.3 Å². The van der Waals surface area contributed by atoms with Crippen LogP contribution in [0.15, 0.2) is 75.8 Å². The number of hydrogen-bond acceptors (Lipinski definition) is 11. The van der Waals surface area contributed by atoms with Crippen LogP contribution in [0.1, 0.15) is 66.8 Å². The van der Waals surface area contributed by atoms with Crippen LogP contribution in [0.2, 0.25) is 0 Å². The molecule has 7 rings (SSSR count). The van der Waals surface area contributed by atoms with Crippen LogP contribution in [-0.2, 0) is 30.8 Å². The van der Waals surface area contributed by atoms with Gasteiger partial charge in [-0.15, -0.1) is 0 Å². The fourth-order valence-corrected chi connectivity index (χ4v) is 6.05. The number of anilines is 2. The first-order valence-corrected chi connectivity index (χ1v) is 14.4. The molecular formula is C32H28N8O5. The zero-order valence-corrected chi connectivity index (χ0v) is 24.1. The number of amides is 2. The molecule has 45 heavy (non-hydrogen) atoms. The third kappa shape index (κ3) is 5.18. The van der Waals surface area contributed by atoms with Crippen molar-refractivity contribution in [2.75, 3.05) is 17.2 Å². The first-order chi connectivity index (χ1) is 21.7. The number of aryl methyl sites for hydroxylation is 1. The van der Waals surface area contributed by atoms with E-state index in [0.717, 1.165) is 46.2 Å². The predicted molar refractivity (Wildman–Crippen MR) is 165 cm³/mol. The van der Waals surface area contributed by atoms with Crippen molar-refractivity contribution in [3.63, 3.8) is 0 Å². The largest absolute Gasteiger partial charge is 0.394 e. The number of amidine groups is 1. The van der Waals surface area contributed by atoms with E-state index < -0.39 is 22.7 Å². The maximum Gasteiger partial charge on any atom is 0.270 e. The first kappa shape index (κ1) is 28.0. The Hall–Kier alpha value is -5.85. The maximum absolute atomic E-state index is 13.1. The predicted octanol–water partition coefficient (Wildman–Crippen LogP) is 1.32. The highest BCUT2D eigenvalue weighted by atomic mass is 16.7. The van der Waals surface area contributed by atoms with Gasteiger partial charge in [-0.1, -0.05) is 30.3 Å². The van der Waals surface area contributed by atoms with Crippen molar-refractivity contribution in [1.82, 2.24) is 26.1 Å². The first-order valence-electron chi connectivity index (χ1n) is 14.4. The molecule has 0 bridgehead atoms. The summed E-state index contributed by atoms with van der Waals surface area (Å²) in [6.07, 6.45) is 3.41. The number of rotatable bonds is 7. The minimum atomic E-state index is -0.632. The van der Waals surface area contributed by atoms with Gasteiger partial charge in [-0.25, -0.2) is 15.4 Å². The summed E-state index contributed by atoms with van der Waals surface area (Å²) in [4.78, 5) is 69.0. The van der Waals surface area contributed by atoms with Crippen molar-refractivity contribution in [2.45, 2.75) is 38.4 Å². The standard InChI is InChI=1S/C32H28N8O5/c1-16-37-30(39-45-16)20-4-6-22-19(11-20)5-7-23(22)38-32(44)25-12-24(35-15-36-25)31(43)34-13-17-2-3-18-8-9-40(14-21(18)10-17)27-26(33)28(41)29(27)42/h2-4,6,10-12,15,23H,1,5,7-9,13-14,33H2,(H,34,43)(H,37,39)(H,38,44)/t23-/m0/s1. The van der Waals surface area contributed by atoms with E-state index in [2.05, 4.69) is 37.7 Å². The van der Waals surface area contributed by atoms with E-state index in [-0.39, 0.29) is 35.3 Å². The van der Waals surface area contributed by atoms with Crippen molar-refractivity contribution < 1.29 is 14.4 Å². The molecule has 1 aliphatic carbocycles. The van der Waals surface area contributed by atoms with Crippen molar-refractivity contribution in [3.8, 4) is 0 Å². The second kappa shape index (κ2) is 11.0. The number of carbonyl (C=O) groups excluding carboxylic acids is 2. The van der Waals surface area contributed by atoms with Crippen LogP contribution in [0.3, 0.4) is 0 Å². The lowest BCUT2D eigenvalue weighted by Crippen LogP contribution is -2.44. The van der Waals surface area contributed by atoms with Crippen LogP contribution >= 0.6 is 0 Å². The topological polar surface area (TPSA) is 181 Å². The van der Waals surface area contributed by atoms with Gasteiger partial charge in [0.2, 0.25) is 5.88 Å². The molecule has 0 spiro atoms. The van der Waals surface area contributed by atoms with Crippen LogP contribution in [-0.4, -0.2) is 34.2 Å². The maximum atomic E-state index is 13.1. The molecule has 3 aliphatic rings. The van der Waals surface area contributed by atoms with Gasteiger partial charge in [-0.05, 0) is 59.7 Å². The summed E-state index contributed by atoms with van der Waals surface area (Å²) in [6.45, 7) is 4.93. The Morgan fingerprint density at radius 3 is 2.60 bits per heavy atom. The highest BCUT2D eigenvalue weighted by Gasteiger charge is 2.28. The molecular weight excluding hydrogens is 576 g/mol. The third-order valence-electron chi connectivity index (χ3n) is 8.41. The fourth-order valence-electron chi connectivity index (χ4n) is 6.05. The summed E-state index contributed by atoms with van der Waals surface area (Å²) in [5.41, 5.74) is 13.8. The zero-order valence-electron chi connectivity index (χ0n) is 24.1. The molecule has 2 aliphatic heterocycles. The van der Waals surface area contributed by atoms with Gasteiger partial charge in [0.1, 0.15) is 29.1 Å². The molecule has 4 aromatic rings. The highest BCUT2D eigenvalue weighted by Crippen LogP contribution is 2.32. The molecule has 1 atom stereocenters. The molecule has 1 aromatic heterocycles. The SMILES string of the molecule is C=C1N=C(c2ccc3c(c2)CC[C@@H]3NC(=O)c2cc(C(=O)NCc3ccc4c(c3)CN(c3c(N)c(=O)c3=O)CC4)ncn2)NO1. The number of nitrogens with zero attached hydrogens (tertiary/aromatic N) is 4. The van der Waals surface area contributed by atoms with E-state index in [4.69, 9.17) is 10.6 Å². The summed E-state index contributed by atoms with van der Waals surface area (Å²) in [5.74, 6) is 0.0363. The summed E-state index contributed by atoms with van der Waals surface area (Å²) < 4.78 is 0. The lowest BCUT2D eigenvalue weighted by molar-refractivity contribution is 0.0931. The van der Waals surface area contributed by atoms with Crippen LogP contribution < -0.4 is 37.6 Å². The van der Waals surface area contributed by atoms with Crippen molar-refractivity contribution in [2.24, 2.45) is 4.99 Å². The second-order valence-electron chi connectivity index (χ2n) is 11.2. The molecule has 0 unspecified atom stereocenters. The Bertz CT molecular complexity index is 2010. The minimum absolute atomic E-state index is 0.0163. The number of benzene rings is 2. The number of hydroxylamine groups is 1. The molecule has 0 fully saturated rings. The molecule has 0 radical (unpaired) electrons. The number of nitrogens with two attached hydrogens (primary N) is 1. The molecule has 13 nitrogen and oxygen atoms in total. The van der Waals surface area contributed by atoms with Crippen molar-refractivity contribution in [3.05, 3.63) is 126 Å². The second-order valence-corrected chi connectivity index (χ2v) is 11.2. The van der Waals surface area contributed by atoms with Crippen LogP contribution in [0.25, 0.3) is 0 Å². The van der Waals surface area contributed by atoms with Gasteiger partial charge in [-0.2, -0.15) is 4.99 Å². The number of carbonyl (C=O) groups is 2. The number of aromatic nitrogens is 2. The van der Waals surface area contributed by atoms with E-state index in [1.807, 2.05) is 41.3 Å². The summed E-state index contributed by atoms with van der Waals surface area (Å²) in [6, 6.07) is 13.0. The average molecular weight is 605 g/mol. The highest BCUT2D eigenvalue weighted by molar-refractivity contribution is 6.00. The van der Waals surface area contributed by atoms with E-state index in [0.29, 0.717) is 31.2 Å². The molecule has 3 aromatic carbocycles. The Kier molecular flexibility index (Phi) is 6.84. The molecule has 226 valence electrons. The monoisotopic (exact) mass is 604 g/mol. The zero-order chi connectivity index (χ0) is 31.2. The minimum Gasteiger partial charge on any atom is -0.394 e. The van der Waals surface area contributed by atoms with Gasteiger partial charge in [0.15, 0.2) is 5.84 Å². The lowest BCUT2D eigenvalue weighted by atomic mass is 9.96.